The first-order valence-corrected chi connectivity index (χ1v) is 8.83. The van der Waals surface area contributed by atoms with E-state index in [1.807, 2.05) is 61.5 Å². The number of H-pyrrole nitrogens is 1. The lowest BCUT2D eigenvalue weighted by atomic mass is 10.1. The second-order valence-corrected chi connectivity index (χ2v) is 6.11. The second kappa shape index (κ2) is 8.51. The zero-order valence-corrected chi connectivity index (χ0v) is 15.5. The minimum Gasteiger partial charge on any atom is -0.497 e. The van der Waals surface area contributed by atoms with Crippen LogP contribution in [0.2, 0.25) is 0 Å². The first-order valence-electron chi connectivity index (χ1n) is 8.83. The zero-order chi connectivity index (χ0) is 19.2. The monoisotopic (exact) mass is 365 g/mol. The van der Waals surface area contributed by atoms with Crippen molar-refractivity contribution >= 4 is 5.71 Å². The topological polar surface area (TPSA) is 79.6 Å². The molecule has 140 valence electrons. The lowest BCUT2D eigenvalue weighted by Crippen LogP contribution is -2.19. The number of aliphatic hydroxyl groups is 1. The number of benzene rings is 2. The molecule has 0 spiro atoms. The van der Waals surface area contributed by atoms with Crippen molar-refractivity contribution in [3.8, 4) is 22.7 Å². The van der Waals surface area contributed by atoms with Crippen LogP contribution in [0.15, 0.2) is 64.4 Å². The van der Waals surface area contributed by atoms with Gasteiger partial charge in [0.2, 0.25) is 0 Å². The van der Waals surface area contributed by atoms with E-state index < -0.39 is 0 Å². The van der Waals surface area contributed by atoms with Crippen molar-refractivity contribution in [2.24, 2.45) is 4.99 Å². The Balaban J connectivity index is 2.13. The van der Waals surface area contributed by atoms with Gasteiger partial charge in [-0.25, -0.2) is 4.68 Å². The number of nitrogens with one attached hydrogen (secondary N) is 1. The molecule has 2 N–H and O–H groups in total. The number of methoxy groups -OCH3 is 1. The molecule has 0 aliphatic heterocycles. The second-order valence-electron chi connectivity index (χ2n) is 6.11. The molecule has 27 heavy (non-hydrogen) atoms. The van der Waals surface area contributed by atoms with Gasteiger partial charge in [-0.2, -0.15) is 0 Å². The van der Waals surface area contributed by atoms with Crippen molar-refractivity contribution in [3.05, 3.63) is 70.5 Å². The molecular weight excluding hydrogens is 342 g/mol. The quantitative estimate of drug-likeness (QED) is 0.499. The minimum atomic E-state index is -0.163. The molecule has 1 heterocycles. The summed E-state index contributed by atoms with van der Waals surface area (Å²) in [5.41, 5.74) is 3.37. The van der Waals surface area contributed by atoms with E-state index >= 15 is 0 Å². The molecule has 6 heteroatoms. The molecule has 0 bridgehead atoms. The van der Waals surface area contributed by atoms with Crippen LogP contribution in [0, 0.1) is 0 Å². The van der Waals surface area contributed by atoms with E-state index in [1.165, 1.54) is 4.68 Å². The van der Waals surface area contributed by atoms with Crippen LogP contribution < -0.4 is 10.3 Å². The molecule has 0 fully saturated rings. The van der Waals surface area contributed by atoms with Crippen LogP contribution in [-0.4, -0.2) is 40.9 Å². The van der Waals surface area contributed by atoms with Crippen molar-refractivity contribution in [3.63, 3.8) is 0 Å². The summed E-state index contributed by atoms with van der Waals surface area (Å²) in [6.45, 7) is 2.38. The molecule has 2 aromatic carbocycles. The Labute approximate surface area is 157 Å². The smallest absolute Gasteiger partial charge is 0.280 e. The van der Waals surface area contributed by atoms with Crippen LogP contribution >= 0.6 is 0 Å². The van der Waals surface area contributed by atoms with E-state index in [-0.39, 0.29) is 12.2 Å². The summed E-state index contributed by atoms with van der Waals surface area (Å²) in [6.07, 6.45) is 0.565. The Morgan fingerprint density at radius 3 is 2.48 bits per heavy atom. The molecule has 0 aliphatic carbocycles. The van der Waals surface area contributed by atoms with Crippen molar-refractivity contribution in [1.82, 2.24) is 9.78 Å². The molecule has 0 radical (unpaired) electrons. The van der Waals surface area contributed by atoms with Gasteiger partial charge < -0.3 is 9.84 Å². The number of nitrogens with zero attached hydrogens (tertiary/aromatic N) is 2. The third-order valence-corrected chi connectivity index (χ3v) is 4.31. The summed E-state index contributed by atoms with van der Waals surface area (Å²) < 4.78 is 6.71. The Bertz CT molecular complexity index is 970. The highest BCUT2D eigenvalue weighted by atomic mass is 16.5. The highest BCUT2D eigenvalue weighted by Crippen LogP contribution is 2.22. The predicted molar refractivity (Wildman–Crippen MR) is 107 cm³/mol. The summed E-state index contributed by atoms with van der Waals surface area (Å²) in [4.78, 5) is 17.6. The largest absolute Gasteiger partial charge is 0.497 e. The Morgan fingerprint density at radius 1 is 1.15 bits per heavy atom. The van der Waals surface area contributed by atoms with Gasteiger partial charge >= 0.3 is 0 Å². The van der Waals surface area contributed by atoms with Gasteiger partial charge in [-0.1, -0.05) is 30.3 Å². The van der Waals surface area contributed by atoms with E-state index in [4.69, 9.17) is 9.84 Å². The van der Waals surface area contributed by atoms with Gasteiger partial charge in [-0.05, 0) is 37.6 Å². The van der Waals surface area contributed by atoms with Crippen molar-refractivity contribution < 1.29 is 9.84 Å². The number of aromatic amines is 1. The normalized spacial score (nSPS) is 11.6. The molecule has 0 saturated carbocycles. The fraction of sp³-hybridized carbons (Fsp3) is 0.238. The van der Waals surface area contributed by atoms with E-state index in [0.717, 1.165) is 17.0 Å². The molecule has 0 amide bonds. The van der Waals surface area contributed by atoms with Gasteiger partial charge in [0.1, 0.15) is 5.75 Å². The summed E-state index contributed by atoms with van der Waals surface area (Å²) >= 11 is 0. The number of aliphatic imine (C=N–C) groups is 1. The average molecular weight is 365 g/mol. The maximum absolute atomic E-state index is 13.2. The van der Waals surface area contributed by atoms with Gasteiger partial charge in [0.25, 0.3) is 5.56 Å². The number of aliphatic hydroxyl groups excluding tert-OH is 1. The van der Waals surface area contributed by atoms with Gasteiger partial charge in [0, 0.05) is 24.4 Å². The Kier molecular flexibility index (Phi) is 5.88. The van der Waals surface area contributed by atoms with Crippen LogP contribution in [-0.2, 0) is 0 Å². The molecule has 1 aromatic heterocycles. The fourth-order valence-corrected chi connectivity index (χ4v) is 2.90. The number of aromatic nitrogens is 2. The van der Waals surface area contributed by atoms with Gasteiger partial charge in [-0.15, -0.1) is 0 Å². The fourth-order valence-electron chi connectivity index (χ4n) is 2.90. The molecule has 0 atom stereocenters. The lowest BCUT2D eigenvalue weighted by molar-refractivity contribution is 0.291. The van der Waals surface area contributed by atoms with E-state index in [2.05, 4.69) is 10.1 Å². The first-order chi connectivity index (χ1) is 13.2. The zero-order valence-electron chi connectivity index (χ0n) is 15.5. The number of hydrogen-bond donors (Lipinski definition) is 2. The highest BCUT2D eigenvalue weighted by molar-refractivity contribution is 6.03. The first kappa shape index (κ1) is 18.7. The standard InChI is InChI=1S/C21H23N3O3/c1-15(22-13-6-14-25)19-20(16-7-4-3-5-8-16)23-24(21(19)26)17-9-11-18(27-2)12-10-17/h3-5,7-12,23,25H,6,13-14H2,1-2H3. The SMILES string of the molecule is COc1ccc(-n2[nH]c(-c3ccccc3)c(C(C)=NCCCO)c2=O)cc1. The third kappa shape index (κ3) is 4.01. The summed E-state index contributed by atoms with van der Waals surface area (Å²) in [6, 6.07) is 17.0. The van der Waals surface area contributed by atoms with Gasteiger partial charge in [0.15, 0.2) is 0 Å². The predicted octanol–water partition coefficient (Wildman–Crippen LogP) is 3.03. The molecule has 0 saturated heterocycles. The van der Waals surface area contributed by atoms with Crippen LogP contribution in [0.25, 0.3) is 16.9 Å². The van der Waals surface area contributed by atoms with Crippen LogP contribution in [0.3, 0.4) is 0 Å². The van der Waals surface area contributed by atoms with Crippen molar-refractivity contribution in [2.75, 3.05) is 20.3 Å². The lowest BCUT2D eigenvalue weighted by Gasteiger charge is -2.04. The van der Waals surface area contributed by atoms with E-state index in [0.29, 0.717) is 29.9 Å². The molecule has 3 rings (SSSR count). The molecular formula is C21H23N3O3. The van der Waals surface area contributed by atoms with E-state index in [9.17, 15) is 4.79 Å². The third-order valence-electron chi connectivity index (χ3n) is 4.31. The maximum Gasteiger partial charge on any atom is 0.280 e. The summed E-state index contributed by atoms with van der Waals surface area (Å²) in [7, 11) is 1.60. The molecule has 0 unspecified atom stereocenters. The van der Waals surface area contributed by atoms with Crippen LogP contribution in [0.4, 0.5) is 0 Å². The Hall–Kier alpha value is -3.12. The number of ether oxygens (including phenoxy) is 1. The highest BCUT2D eigenvalue weighted by Gasteiger charge is 2.19. The van der Waals surface area contributed by atoms with Crippen molar-refractivity contribution in [1.29, 1.82) is 0 Å². The molecule has 6 nitrogen and oxygen atoms in total. The van der Waals surface area contributed by atoms with Gasteiger partial charge in [-0.3, -0.25) is 14.9 Å². The summed E-state index contributed by atoms with van der Waals surface area (Å²) in [5.74, 6) is 0.726. The van der Waals surface area contributed by atoms with E-state index in [1.54, 1.807) is 7.11 Å². The van der Waals surface area contributed by atoms with Crippen LogP contribution in [0.5, 0.6) is 5.75 Å². The van der Waals surface area contributed by atoms with Gasteiger partial charge in [0.05, 0.1) is 24.1 Å². The van der Waals surface area contributed by atoms with Crippen LogP contribution in [0.1, 0.15) is 18.9 Å². The van der Waals surface area contributed by atoms with Crippen molar-refractivity contribution in [2.45, 2.75) is 13.3 Å². The average Bonchev–Trinajstić information content (AvgIpc) is 3.06. The Morgan fingerprint density at radius 2 is 1.85 bits per heavy atom. The summed E-state index contributed by atoms with van der Waals surface area (Å²) in [5, 5.41) is 12.2. The number of hydrogen-bond acceptors (Lipinski definition) is 4. The molecule has 3 aromatic rings. The maximum atomic E-state index is 13.2. The number of rotatable bonds is 7. The minimum absolute atomic E-state index is 0.0749. The molecule has 0 aliphatic rings.